The van der Waals surface area contributed by atoms with Crippen LogP contribution < -0.4 is 10.1 Å². The molecule has 1 aliphatic carbocycles. The average molecular weight is 265 g/mol. The van der Waals surface area contributed by atoms with E-state index in [0.717, 1.165) is 11.5 Å². The van der Waals surface area contributed by atoms with Crippen LogP contribution in [0.15, 0.2) is 48.5 Å². The predicted octanol–water partition coefficient (Wildman–Crippen LogP) is 4.27. The Bertz CT molecular complexity index is 616. The molecule has 1 saturated carbocycles. The number of hydrogen-bond donors (Lipinski definition) is 1. The number of hydrogen-bond acceptors (Lipinski definition) is 2. The van der Waals surface area contributed by atoms with Gasteiger partial charge in [0.2, 0.25) is 0 Å². The van der Waals surface area contributed by atoms with Crippen LogP contribution in [0.25, 0.3) is 0 Å². The Balaban J connectivity index is 1.76. The summed E-state index contributed by atoms with van der Waals surface area (Å²) in [7, 11) is 0. The molecule has 2 nitrogen and oxygen atoms in total. The van der Waals surface area contributed by atoms with Crippen LogP contribution in [0, 0.1) is 5.41 Å². The van der Waals surface area contributed by atoms with E-state index in [1.165, 1.54) is 17.5 Å². The van der Waals surface area contributed by atoms with Crippen LogP contribution in [-0.2, 0) is 0 Å². The molecule has 0 saturated heterocycles. The molecule has 2 aromatic rings. The monoisotopic (exact) mass is 265 g/mol. The Kier molecular flexibility index (Phi) is 2.45. The Morgan fingerprint density at radius 3 is 1.95 bits per heavy atom. The van der Waals surface area contributed by atoms with Gasteiger partial charge in [-0.25, -0.2) is 0 Å². The molecule has 1 atom stereocenters. The van der Waals surface area contributed by atoms with Gasteiger partial charge in [0, 0.05) is 17.2 Å². The minimum absolute atomic E-state index is 0.239. The third-order valence-electron chi connectivity index (χ3n) is 4.56. The molecular weight excluding hydrogens is 246 g/mol. The third-order valence-corrected chi connectivity index (χ3v) is 4.56. The van der Waals surface area contributed by atoms with Crippen LogP contribution in [0.4, 0.5) is 0 Å². The van der Waals surface area contributed by atoms with Gasteiger partial charge in [-0.05, 0) is 24.0 Å². The maximum absolute atomic E-state index is 6.02. The van der Waals surface area contributed by atoms with E-state index in [0.29, 0.717) is 11.5 Å². The summed E-state index contributed by atoms with van der Waals surface area (Å²) in [6, 6.07) is 17.5. The number of para-hydroxylation sites is 2. The van der Waals surface area contributed by atoms with Crippen LogP contribution in [-0.4, -0.2) is 6.04 Å². The molecule has 1 N–H and O–H groups in total. The first-order valence-corrected chi connectivity index (χ1v) is 7.27. The number of fused-ring (bicyclic) bond motifs is 2. The zero-order valence-electron chi connectivity index (χ0n) is 11.9. The van der Waals surface area contributed by atoms with Crippen molar-refractivity contribution in [3.05, 3.63) is 59.7 Å². The lowest BCUT2D eigenvalue weighted by Crippen LogP contribution is -2.29. The van der Waals surface area contributed by atoms with Crippen molar-refractivity contribution in [2.75, 3.05) is 0 Å². The van der Waals surface area contributed by atoms with Crippen molar-refractivity contribution >= 4 is 0 Å². The highest BCUT2D eigenvalue weighted by Crippen LogP contribution is 2.49. The quantitative estimate of drug-likeness (QED) is 0.875. The molecule has 0 amide bonds. The molecule has 4 rings (SSSR count). The summed E-state index contributed by atoms with van der Waals surface area (Å²) in [5.74, 6) is 1.95. The van der Waals surface area contributed by atoms with Gasteiger partial charge in [-0.15, -0.1) is 0 Å². The van der Waals surface area contributed by atoms with Gasteiger partial charge in [0.05, 0.1) is 6.04 Å². The second-order valence-electron chi connectivity index (χ2n) is 6.52. The minimum atomic E-state index is 0.239. The lowest BCUT2D eigenvalue weighted by molar-refractivity contribution is 0.417. The first kappa shape index (κ1) is 12.0. The van der Waals surface area contributed by atoms with E-state index in [1.807, 2.05) is 12.1 Å². The molecule has 2 aliphatic rings. The van der Waals surface area contributed by atoms with Crippen LogP contribution in [0.1, 0.15) is 37.4 Å². The van der Waals surface area contributed by atoms with E-state index in [-0.39, 0.29) is 6.04 Å². The summed E-state index contributed by atoms with van der Waals surface area (Å²) < 4.78 is 6.02. The first-order chi connectivity index (χ1) is 9.65. The maximum Gasteiger partial charge on any atom is 0.132 e. The highest BCUT2D eigenvalue weighted by atomic mass is 16.5. The van der Waals surface area contributed by atoms with Gasteiger partial charge in [0.1, 0.15) is 11.5 Å². The second-order valence-corrected chi connectivity index (χ2v) is 6.52. The minimum Gasteiger partial charge on any atom is -0.457 e. The summed E-state index contributed by atoms with van der Waals surface area (Å²) in [6.45, 7) is 4.64. The van der Waals surface area contributed by atoms with E-state index < -0.39 is 0 Å². The van der Waals surface area contributed by atoms with Crippen LogP contribution in [0.2, 0.25) is 0 Å². The normalized spacial score (nSPS) is 22.6. The molecule has 0 bridgehead atoms. The summed E-state index contributed by atoms with van der Waals surface area (Å²) >= 11 is 0. The molecule has 1 fully saturated rings. The predicted molar refractivity (Wildman–Crippen MR) is 80.1 cm³/mol. The summed E-state index contributed by atoms with van der Waals surface area (Å²) in [6.07, 6.45) is 1.24. The van der Waals surface area contributed by atoms with E-state index in [4.69, 9.17) is 4.74 Å². The van der Waals surface area contributed by atoms with Gasteiger partial charge in [-0.2, -0.15) is 0 Å². The molecule has 0 radical (unpaired) electrons. The summed E-state index contributed by atoms with van der Waals surface area (Å²) in [5, 5.41) is 3.82. The van der Waals surface area contributed by atoms with Gasteiger partial charge in [-0.3, -0.25) is 0 Å². The lowest BCUT2D eigenvalue weighted by atomic mass is 9.94. The largest absolute Gasteiger partial charge is 0.457 e. The van der Waals surface area contributed by atoms with Crippen molar-refractivity contribution in [1.29, 1.82) is 0 Å². The Morgan fingerprint density at radius 1 is 0.950 bits per heavy atom. The van der Waals surface area contributed by atoms with E-state index in [1.54, 1.807) is 0 Å². The smallest absolute Gasteiger partial charge is 0.132 e. The molecule has 0 spiro atoms. The number of benzene rings is 2. The van der Waals surface area contributed by atoms with Crippen LogP contribution >= 0.6 is 0 Å². The molecule has 1 unspecified atom stereocenters. The maximum atomic E-state index is 6.02. The van der Waals surface area contributed by atoms with Gasteiger partial charge in [0.25, 0.3) is 0 Å². The van der Waals surface area contributed by atoms with E-state index in [9.17, 15) is 0 Å². The molecular formula is C18H19NO. The molecule has 102 valence electrons. The lowest BCUT2D eigenvalue weighted by Gasteiger charge is -2.29. The van der Waals surface area contributed by atoms with Crippen molar-refractivity contribution in [3.63, 3.8) is 0 Å². The van der Waals surface area contributed by atoms with E-state index >= 15 is 0 Å². The molecule has 0 aromatic heterocycles. The van der Waals surface area contributed by atoms with Gasteiger partial charge in [-0.1, -0.05) is 50.2 Å². The second kappa shape index (κ2) is 4.10. The summed E-state index contributed by atoms with van der Waals surface area (Å²) in [4.78, 5) is 0. The topological polar surface area (TPSA) is 21.3 Å². The Morgan fingerprint density at radius 2 is 1.45 bits per heavy atom. The van der Waals surface area contributed by atoms with Crippen molar-refractivity contribution in [2.24, 2.45) is 5.41 Å². The third kappa shape index (κ3) is 1.83. The molecule has 1 heterocycles. The van der Waals surface area contributed by atoms with Crippen LogP contribution in [0.3, 0.4) is 0 Å². The SMILES string of the molecule is CC1(C)CC1NC1c2ccccc2Oc2ccccc21. The fourth-order valence-corrected chi connectivity index (χ4v) is 3.04. The van der Waals surface area contributed by atoms with Gasteiger partial charge < -0.3 is 10.1 Å². The first-order valence-electron chi connectivity index (χ1n) is 7.27. The number of nitrogens with one attached hydrogen (secondary N) is 1. The fourth-order valence-electron chi connectivity index (χ4n) is 3.04. The van der Waals surface area contributed by atoms with Crippen molar-refractivity contribution < 1.29 is 4.74 Å². The molecule has 1 aliphatic heterocycles. The number of rotatable bonds is 2. The zero-order chi connectivity index (χ0) is 13.7. The number of ether oxygens (including phenoxy) is 1. The fraction of sp³-hybridized carbons (Fsp3) is 0.333. The van der Waals surface area contributed by atoms with Gasteiger partial charge in [0.15, 0.2) is 0 Å². The zero-order valence-corrected chi connectivity index (χ0v) is 11.9. The van der Waals surface area contributed by atoms with Gasteiger partial charge >= 0.3 is 0 Å². The summed E-state index contributed by atoms with van der Waals surface area (Å²) in [5.41, 5.74) is 2.91. The molecule has 2 aromatic carbocycles. The van der Waals surface area contributed by atoms with Crippen LogP contribution in [0.5, 0.6) is 11.5 Å². The Labute approximate surface area is 119 Å². The highest BCUT2D eigenvalue weighted by Gasteiger charge is 2.47. The average Bonchev–Trinajstić information content (AvgIpc) is 3.05. The highest BCUT2D eigenvalue weighted by molar-refractivity contribution is 5.53. The molecule has 20 heavy (non-hydrogen) atoms. The molecule has 2 heteroatoms. The van der Waals surface area contributed by atoms with Crippen molar-refractivity contribution in [3.8, 4) is 11.5 Å². The Hall–Kier alpha value is -1.80. The van der Waals surface area contributed by atoms with Crippen molar-refractivity contribution in [2.45, 2.75) is 32.4 Å². The van der Waals surface area contributed by atoms with Crippen molar-refractivity contribution in [1.82, 2.24) is 5.32 Å². The van der Waals surface area contributed by atoms with E-state index in [2.05, 4.69) is 55.6 Å². The standard InChI is InChI=1S/C18H19NO/c1-18(2)11-16(18)19-17-12-7-3-5-9-14(12)20-15-10-6-4-8-13(15)17/h3-10,16-17,19H,11H2,1-2H3.